The van der Waals surface area contributed by atoms with Crippen molar-refractivity contribution in [2.24, 2.45) is 7.05 Å². The first-order chi connectivity index (χ1) is 9.49. The highest BCUT2D eigenvalue weighted by Gasteiger charge is 2.21. The minimum atomic E-state index is -0.957. The SMILES string of the molecule is Cc1nn(C)c(N(C)CC2CCCO2)c1C=CC(=O)O. The average molecular weight is 279 g/mol. The van der Waals surface area contributed by atoms with Crippen LogP contribution in [0.5, 0.6) is 0 Å². The summed E-state index contributed by atoms with van der Waals surface area (Å²) in [6, 6.07) is 0. The van der Waals surface area contributed by atoms with E-state index in [1.807, 2.05) is 21.0 Å². The van der Waals surface area contributed by atoms with Crippen LogP contribution in [0.15, 0.2) is 6.08 Å². The molecule has 0 spiro atoms. The molecule has 6 heteroatoms. The van der Waals surface area contributed by atoms with E-state index in [4.69, 9.17) is 9.84 Å². The molecule has 1 saturated heterocycles. The Balaban J connectivity index is 2.22. The summed E-state index contributed by atoms with van der Waals surface area (Å²) in [4.78, 5) is 12.8. The van der Waals surface area contributed by atoms with Gasteiger partial charge in [0.1, 0.15) is 5.82 Å². The van der Waals surface area contributed by atoms with Crippen LogP contribution in [0.3, 0.4) is 0 Å². The molecular formula is C14H21N3O3. The van der Waals surface area contributed by atoms with Gasteiger partial charge >= 0.3 is 5.97 Å². The molecule has 1 unspecified atom stereocenters. The minimum absolute atomic E-state index is 0.242. The molecule has 1 aromatic heterocycles. The summed E-state index contributed by atoms with van der Waals surface area (Å²) >= 11 is 0. The summed E-state index contributed by atoms with van der Waals surface area (Å²) in [6.07, 6.45) is 5.17. The molecule has 1 aliphatic rings. The lowest BCUT2D eigenvalue weighted by Crippen LogP contribution is -2.30. The summed E-state index contributed by atoms with van der Waals surface area (Å²) in [6.45, 7) is 3.49. The molecule has 6 nitrogen and oxygen atoms in total. The maximum atomic E-state index is 10.7. The number of hydrogen-bond donors (Lipinski definition) is 1. The third-order valence-corrected chi connectivity index (χ3v) is 3.49. The molecule has 1 N–H and O–H groups in total. The van der Waals surface area contributed by atoms with Crippen LogP contribution in [0.25, 0.3) is 6.08 Å². The smallest absolute Gasteiger partial charge is 0.328 e. The van der Waals surface area contributed by atoms with E-state index >= 15 is 0 Å². The maximum absolute atomic E-state index is 10.7. The number of carbonyl (C=O) groups is 1. The standard InChI is InChI=1S/C14H21N3O3/c1-10-12(6-7-13(18)19)14(17(3)15-10)16(2)9-11-5-4-8-20-11/h6-7,11H,4-5,8-9H2,1-3H3,(H,18,19). The molecule has 20 heavy (non-hydrogen) atoms. The van der Waals surface area contributed by atoms with Crippen molar-refractivity contribution < 1.29 is 14.6 Å². The highest BCUT2D eigenvalue weighted by Crippen LogP contribution is 2.25. The zero-order valence-corrected chi connectivity index (χ0v) is 12.2. The quantitative estimate of drug-likeness (QED) is 0.826. The van der Waals surface area contributed by atoms with Gasteiger partial charge in [-0.05, 0) is 25.8 Å². The summed E-state index contributed by atoms with van der Waals surface area (Å²) in [5.74, 6) is -0.0449. The minimum Gasteiger partial charge on any atom is -0.478 e. The number of ether oxygens (including phenoxy) is 1. The number of aromatic nitrogens is 2. The van der Waals surface area contributed by atoms with Crippen LogP contribution < -0.4 is 4.90 Å². The summed E-state index contributed by atoms with van der Waals surface area (Å²) in [7, 11) is 3.85. The van der Waals surface area contributed by atoms with Crippen LogP contribution in [-0.2, 0) is 16.6 Å². The van der Waals surface area contributed by atoms with Gasteiger partial charge in [-0.3, -0.25) is 4.68 Å². The first-order valence-corrected chi connectivity index (χ1v) is 6.76. The first kappa shape index (κ1) is 14.6. The van der Waals surface area contributed by atoms with Crippen molar-refractivity contribution in [3.63, 3.8) is 0 Å². The Morgan fingerprint density at radius 3 is 3.00 bits per heavy atom. The van der Waals surface area contributed by atoms with Crippen molar-refractivity contribution >= 4 is 17.9 Å². The topological polar surface area (TPSA) is 67.6 Å². The Bertz CT molecular complexity index is 516. The van der Waals surface area contributed by atoms with Crippen molar-refractivity contribution in [3.05, 3.63) is 17.3 Å². The maximum Gasteiger partial charge on any atom is 0.328 e. The van der Waals surface area contributed by atoms with Crippen LogP contribution in [-0.4, -0.2) is 47.2 Å². The van der Waals surface area contributed by atoms with Crippen molar-refractivity contribution in [1.82, 2.24) is 9.78 Å². The number of carboxylic acids is 1. The zero-order valence-electron chi connectivity index (χ0n) is 12.2. The second-order valence-electron chi connectivity index (χ2n) is 5.13. The lowest BCUT2D eigenvalue weighted by atomic mass is 10.2. The van der Waals surface area contributed by atoms with Crippen LogP contribution in [0.2, 0.25) is 0 Å². The lowest BCUT2D eigenvalue weighted by Gasteiger charge is -2.23. The van der Waals surface area contributed by atoms with Gasteiger partial charge < -0.3 is 14.7 Å². The fourth-order valence-corrected chi connectivity index (χ4v) is 2.65. The summed E-state index contributed by atoms with van der Waals surface area (Å²) < 4.78 is 7.43. The molecule has 0 amide bonds. The number of aliphatic carboxylic acids is 1. The van der Waals surface area contributed by atoms with Crippen molar-refractivity contribution in [1.29, 1.82) is 0 Å². The van der Waals surface area contributed by atoms with E-state index in [1.54, 1.807) is 10.8 Å². The van der Waals surface area contributed by atoms with Crippen LogP contribution in [0.1, 0.15) is 24.1 Å². The fraction of sp³-hybridized carbons (Fsp3) is 0.571. The number of aryl methyl sites for hydroxylation is 2. The largest absolute Gasteiger partial charge is 0.478 e. The molecule has 1 aliphatic heterocycles. The van der Waals surface area contributed by atoms with E-state index in [-0.39, 0.29) is 6.10 Å². The molecule has 2 heterocycles. The number of likely N-dealkylation sites (N-methyl/N-ethyl adjacent to an activating group) is 1. The predicted molar refractivity (Wildman–Crippen MR) is 76.9 cm³/mol. The van der Waals surface area contributed by atoms with Crippen molar-refractivity contribution in [2.45, 2.75) is 25.9 Å². The van der Waals surface area contributed by atoms with Crippen molar-refractivity contribution in [3.8, 4) is 0 Å². The molecule has 110 valence electrons. The normalized spacial score (nSPS) is 18.9. The van der Waals surface area contributed by atoms with Gasteiger partial charge in [-0.1, -0.05) is 0 Å². The molecular weight excluding hydrogens is 258 g/mol. The van der Waals surface area contributed by atoms with E-state index in [1.165, 1.54) is 0 Å². The Morgan fingerprint density at radius 1 is 1.65 bits per heavy atom. The van der Waals surface area contributed by atoms with E-state index in [2.05, 4.69) is 10.00 Å². The third kappa shape index (κ3) is 3.19. The summed E-state index contributed by atoms with van der Waals surface area (Å²) in [5, 5.41) is 13.2. The molecule has 0 aliphatic carbocycles. The highest BCUT2D eigenvalue weighted by molar-refractivity contribution is 5.87. The molecule has 0 aromatic carbocycles. The highest BCUT2D eigenvalue weighted by atomic mass is 16.5. The molecule has 0 radical (unpaired) electrons. The second-order valence-corrected chi connectivity index (χ2v) is 5.13. The molecule has 1 fully saturated rings. The van der Waals surface area contributed by atoms with E-state index in [0.29, 0.717) is 0 Å². The van der Waals surface area contributed by atoms with E-state index in [0.717, 1.165) is 49.1 Å². The molecule has 1 aromatic rings. The van der Waals surface area contributed by atoms with Crippen molar-refractivity contribution in [2.75, 3.05) is 25.1 Å². The Hall–Kier alpha value is -1.82. The average Bonchev–Trinajstić information content (AvgIpc) is 2.94. The molecule has 2 rings (SSSR count). The number of hydrogen-bond acceptors (Lipinski definition) is 4. The number of anilines is 1. The number of rotatable bonds is 5. The van der Waals surface area contributed by atoms with Gasteiger partial charge in [0.05, 0.1) is 11.8 Å². The van der Waals surface area contributed by atoms with Crippen LogP contribution in [0.4, 0.5) is 5.82 Å². The Kier molecular flexibility index (Phi) is 4.44. The summed E-state index contributed by atoms with van der Waals surface area (Å²) in [5.41, 5.74) is 1.66. The van der Waals surface area contributed by atoms with E-state index < -0.39 is 5.97 Å². The number of nitrogens with zero attached hydrogens (tertiary/aromatic N) is 3. The monoisotopic (exact) mass is 279 g/mol. The van der Waals surface area contributed by atoms with Gasteiger partial charge in [0.2, 0.25) is 0 Å². The number of carboxylic acid groups (broad SMARTS) is 1. The Morgan fingerprint density at radius 2 is 2.40 bits per heavy atom. The molecule has 0 saturated carbocycles. The zero-order chi connectivity index (χ0) is 14.7. The second kappa shape index (κ2) is 6.09. The fourth-order valence-electron chi connectivity index (χ4n) is 2.65. The van der Waals surface area contributed by atoms with Gasteiger partial charge in [-0.15, -0.1) is 0 Å². The van der Waals surface area contributed by atoms with E-state index in [9.17, 15) is 4.79 Å². The predicted octanol–water partition coefficient (Wildman–Crippen LogP) is 1.44. The van der Waals surface area contributed by atoms with Gasteiger partial charge in [-0.25, -0.2) is 4.79 Å². The first-order valence-electron chi connectivity index (χ1n) is 6.76. The molecule has 1 atom stereocenters. The van der Waals surface area contributed by atoms with Gasteiger partial charge in [-0.2, -0.15) is 5.10 Å². The van der Waals surface area contributed by atoms with Gasteiger partial charge in [0, 0.05) is 38.9 Å². The van der Waals surface area contributed by atoms with Crippen LogP contribution >= 0.6 is 0 Å². The third-order valence-electron chi connectivity index (χ3n) is 3.49. The lowest BCUT2D eigenvalue weighted by molar-refractivity contribution is -0.131. The molecule has 0 bridgehead atoms. The van der Waals surface area contributed by atoms with Crippen LogP contribution in [0, 0.1) is 6.92 Å². The van der Waals surface area contributed by atoms with Gasteiger partial charge in [0.15, 0.2) is 0 Å². The Labute approximate surface area is 118 Å². The van der Waals surface area contributed by atoms with Gasteiger partial charge in [0.25, 0.3) is 0 Å².